The number of anilines is 1. The third-order valence-corrected chi connectivity index (χ3v) is 7.22. The molecular weight excluding hydrogens is 534 g/mol. The molecule has 10 heteroatoms. The molecule has 6 aromatic rings. The fraction of sp³-hybridized carbons (Fsp3) is 0.0667. The fourth-order valence-corrected chi connectivity index (χ4v) is 5.20. The smallest absolute Gasteiger partial charge is 0.157 e. The molecule has 0 fully saturated rings. The second-order valence-electron chi connectivity index (χ2n) is 9.21. The van der Waals surface area contributed by atoms with E-state index in [4.69, 9.17) is 9.92 Å². The van der Waals surface area contributed by atoms with Crippen LogP contribution in [0.25, 0.3) is 49.6 Å². The Kier molecular flexibility index (Phi) is 6.59. The van der Waals surface area contributed by atoms with Gasteiger partial charge >= 0.3 is 0 Å². The Morgan fingerprint density at radius 2 is 1.65 bits per heavy atom. The van der Waals surface area contributed by atoms with Crippen molar-refractivity contribution in [3.8, 4) is 27.9 Å². The lowest BCUT2D eigenvalue weighted by Crippen LogP contribution is -2.04. The second-order valence-corrected chi connectivity index (χ2v) is 9.85. The van der Waals surface area contributed by atoms with E-state index in [1.54, 1.807) is 61.7 Å². The first kappa shape index (κ1) is 25.8. The summed E-state index contributed by atoms with van der Waals surface area (Å²) in [7, 11) is 0. The average molecular weight is 556 g/mol. The average Bonchev–Trinajstić information content (AvgIpc) is 3.30. The van der Waals surface area contributed by atoms with E-state index < -0.39 is 29.6 Å². The zero-order chi connectivity index (χ0) is 28.0. The quantitative estimate of drug-likeness (QED) is 0.239. The Hall–Kier alpha value is -4.51. The summed E-state index contributed by atoms with van der Waals surface area (Å²) in [6.07, 6.45) is 1.61. The number of fused-ring (bicyclic) bond motifs is 2. The minimum Gasteiger partial charge on any atom is -0.750 e. The van der Waals surface area contributed by atoms with Gasteiger partial charge in [0.1, 0.15) is 17.2 Å². The van der Waals surface area contributed by atoms with E-state index in [9.17, 15) is 8.76 Å². The van der Waals surface area contributed by atoms with Crippen LogP contribution >= 0.6 is 0 Å². The molecule has 200 valence electrons. The van der Waals surface area contributed by atoms with Crippen LogP contribution in [0.1, 0.15) is 11.3 Å². The highest BCUT2D eigenvalue weighted by Crippen LogP contribution is 2.37. The number of hydrogen-bond acceptors (Lipinski definition) is 6. The summed E-state index contributed by atoms with van der Waals surface area (Å²) in [6.45, 7) is 1.22. The van der Waals surface area contributed by atoms with Gasteiger partial charge in [0.2, 0.25) is 0 Å². The summed E-state index contributed by atoms with van der Waals surface area (Å²) >= 11 is -2.86. The molecule has 0 aliphatic heterocycles. The minimum atomic E-state index is -2.86. The first-order chi connectivity index (χ1) is 19.3. The van der Waals surface area contributed by atoms with Crippen LogP contribution in [0.5, 0.6) is 0 Å². The summed E-state index contributed by atoms with van der Waals surface area (Å²) in [4.78, 5) is 4.14. The number of nitrogens with two attached hydrogens (primary N) is 1. The van der Waals surface area contributed by atoms with Gasteiger partial charge in [0.15, 0.2) is 5.82 Å². The fourth-order valence-electron chi connectivity index (χ4n) is 4.99. The molecule has 2 aromatic heterocycles. The molecule has 0 radical (unpaired) electrons. The van der Waals surface area contributed by atoms with Gasteiger partial charge in [-0.05, 0) is 41.6 Å². The number of benzene rings is 4. The molecule has 0 amide bonds. The summed E-state index contributed by atoms with van der Waals surface area (Å²) in [5.41, 5.74) is 8.46. The van der Waals surface area contributed by atoms with Crippen LogP contribution in [0.3, 0.4) is 0 Å². The highest BCUT2D eigenvalue weighted by Gasteiger charge is 2.22. The molecular formula is C30H21F2N4O3S-. The molecule has 0 spiro atoms. The second kappa shape index (κ2) is 10.2. The van der Waals surface area contributed by atoms with Crippen molar-refractivity contribution in [3.63, 3.8) is 0 Å². The van der Waals surface area contributed by atoms with Gasteiger partial charge in [-0.15, -0.1) is 0 Å². The van der Waals surface area contributed by atoms with Crippen molar-refractivity contribution in [1.29, 1.82) is 0 Å². The molecule has 6 rings (SSSR count). The van der Waals surface area contributed by atoms with Crippen LogP contribution in [0.15, 0.2) is 85.1 Å². The third kappa shape index (κ3) is 4.41. The largest absolute Gasteiger partial charge is 0.750 e. The summed E-state index contributed by atoms with van der Waals surface area (Å²) in [5.74, 6) is -1.12. The summed E-state index contributed by atoms with van der Waals surface area (Å²) in [5, 5.41) is 6.70. The maximum Gasteiger partial charge on any atom is 0.157 e. The number of halogens is 2. The first-order valence-corrected chi connectivity index (χ1v) is 13.3. The molecule has 0 saturated heterocycles. The monoisotopic (exact) mass is 555 g/mol. The molecule has 2 heterocycles. The summed E-state index contributed by atoms with van der Waals surface area (Å²) in [6, 6.07) is 22.5. The maximum absolute atomic E-state index is 16.4. The Morgan fingerprint density at radius 3 is 2.42 bits per heavy atom. The van der Waals surface area contributed by atoms with Crippen molar-refractivity contribution in [1.82, 2.24) is 14.8 Å². The Morgan fingerprint density at radius 1 is 0.925 bits per heavy atom. The van der Waals surface area contributed by atoms with Crippen molar-refractivity contribution < 1.29 is 21.7 Å². The van der Waals surface area contributed by atoms with Gasteiger partial charge in [-0.2, -0.15) is 5.10 Å². The lowest BCUT2D eigenvalue weighted by molar-refractivity contribution is 0.287. The number of pyridine rings is 1. The van der Waals surface area contributed by atoms with E-state index in [2.05, 4.69) is 10.1 Å². The van der Waals surface area contributed by atoms with E-state index in [0.29, 0.717) is 39.1 Å². The molecule has 0 bridgehead atoms. The van der Waals surface area contributed by atoms with Gasteiger partial charge in [0.05, 0.1) is 29.3 Å². The van der Waals surface area contributed by atoms with Crippen LogP contribution in [0, 0.1) is 18.6 Å². The molecule has 1 atom stereocenters. The third-order valence-electron chi connectivity index (χ3n) is 6.91. The first-order valence-electron chi connectivity index (χ1n) is 12.3. The molecule has 4 aromatic carbocycles. The Labute approximate surface area is 230 Å². The number of nitrogen functional groups attached to an aromatic ring is 1. The van der Waals surface area contributed by atoms with Crippen LogP contribution in [-0.2, 0) is 22.2 Å². The minimum absolute atomic E-state index is 0.00257. The van der Waals surface area contributed by atoms with Gasteiger partial charge in [0, 0.05) is 33.7 Å². The van der Waals surface area contributed by atoms with Crippen LogP contribution in [0.4, 0.5) is 14.6 Å². The highest BCUT2D eigenvalue weighted by atomic mass is 32.2. The van der Waals surface area contributed by atoms with Crippen molar-refractivity contribution in [2.24, 2.45) is 0 Å². The molecule has 0 saturated carbocycles. The van der Waals surface area contributed by atoms with E-state index in [1.165, 1.54) is 16.8 Å². The lowest BCUT2D eigenvalue weighted by atomic mass is 9.93. The van der Waals surface area contributed by atoms with E-state index >= 15 is 8.78 Å². The zero-order valence-electron chi connectivity index (χ0n) is 21.1. The van der Waals surface area contributed by atoms with Gasteiger partial charge in [-0.1, -0.05) is 60.7 Å². The van der Waals surface area contributed by atoms with Crippen molar-refractivity contribution in [3.05, 3.63) is 108 Å². The lowest BCUT2D eigenvalue weighted by Gasteiger charge is -2.16. The van der Waals surface area contributed by atoms with Crippen LogP contribution < -0.4 is 5.73 Å². The van der Waals surface area contributed by atoms with E-state index in [0.717, 1.165) is 5.39 Å². The number of aromatic nitrogens is 3. The predicted octanol–water partition coefficient (Wildman–Crippen LogP) is 6.39. The molecule has 7 nitrogen and oxygen atoms in total. The van der Waals surface area contributed by atoms with Gasteiger partial charge in [0.25, 0.3) is 0 Å². The predicted molar refractivity (Wildman–Crippen MR) is 150 cm³/mol. The van der Waals surface area contributed by atoms with Gasteiger partial charge < -0.3 is 10.3 Å². The van der Waals surface area contributed by atoms with Crippen molar-refractivity contribution >= 4 is 38.9 Å². The Bertz CT molecular complexity index is 1940. The molecule has 2 N–H and O–H groups in total. The zero-order valence-corrected chi connectivity index (χ0v) is 21.9. The maximum atomic E-state index is 16.4. The molecule has 0 aliphatic carbocycles. The highest BCUT2D eigenvalue weighted by molar-refractivity contribution is 7.74. The standard InChI is InChI=1S/C30H22F2N4O3S/c1-17-21-9-11-24(23-12-10-22(18-5-3-2-4-6-18)26(27(23)31)16-39-40(37)38)28(32)29(21)36(35-17)20-8-7-19-13-14-34-30(33)25(19)15-20/h2-15H,16H2,1H3,(H2,33,34)(H,37,38)/p-1. The SMILES string of the molecule is Cc1nn(-c2ccc3ccnc(N)c3c2)c2c(F)c(-c3ccc(-c4ccccc4)c(COS(=O)[O-])c3F)ccc12. The number of hydrogen-bond donors (Lipinski definition) is 1. The number of rotatable bonds is 6. The molecule has 0 aliphatic rings. The van der Waals surface area contributed by atoms with Crippen molar-refractivity contribution in [2.45, 2.75) is 13.5 Å². The van der Waals surface area contributed by atoms with Gasteiger partial charge in [-0.3, -0.25) is 4.18 Å². The van der Waals surface area contributed by atoms with Crippen LogP contribution in [-0.4, -0.2) is 23.5 Å². The van der Waals surface area contributed by atoms with Gasteiger partial charge in [-0.25, -0.2) is 22.7 Å². The summed E-state index contributed by atoms with van der Waals surface area (Å²) < 4.78 is 60.9. The van der Waals surface area contributed by atoms with E-state index in [1.807, 2.05) is 18.2 Å². The molecule has 40 heavy (non-hydrogen) atoms. The topological polar surface area (TPSA) is 106 Å². The van der Waals surface area contributed by atoms with Crippen molar-refractivity contribution in [2.75, 3.05) is 5.73 Å². The van der Waals surface area contributed by atoms with Crippen LogP contribution in [0.2, 0.25) is 0 Å². The number of nitrogens with zero attached hydrogens (tertiary/aromatic N) is 3. The van der Waals surface area contributed by atoms with E-state index in [-0.39, 0.29) is 22.2 Å². The Balaban J connectivity index is 1.55. The normalized spacial score (nSPS) is 12.3. The molecule has 1 unspecified atom stereocenters. The number of aryl methyl sites for hydroxylation is 1.